The number of aryl methyl sites for hydroxylation is 1. The van der Waals surface area contributed by atoms with E-state index in [4.69, 9.17) is 4.74 Å². The lowest BCUT2D eigenvalue weighted by Crippen LogP contribution is -2.58. The van der Waals surface area contributed by atoms with Crippen LogP contribution in [0.4, 0.5) is 4.39 Å². The highest BCUT2D eigenvalue weighted by molar-refractivity contribution is 7.89. The molecule has 1 saturated heterocycles. The Morgan fingerprint density at radius 1 is 1.19 bits per heavy atom. The first-order valence-corrected chi connectivity index (χ1v) is 10.1. The molecule has 0 bridgehead atoms. The Labute approximate surface area is 154 Å². The summed E-state index contributed by atoms with van der Waals surface area (Å²) < 4.78 is 47.4. The second-order valence-electron chi connectivity index (χ2n) is 7.38. The molecule has 3 rings (SSSR count). The van der Waals surface area contributed by atoms with E-state index in [2.05, 4.69) is 0 Å². The Morgan fingerprint density at radius 3 is 2.54 bits per heavy atom. The number of morpholine rings is 1. The van der Waals surface area contributed by atoms with E-state index in [0.29, 0.717) is 18.6 Å². The average molecular weight is 377 g/mol. The van der Waals surface area contributed by atoms with Gasteiger partial charge in [0.25, 0.3) is 0 Å². The molecule has 1 fully saturated rings. The second kappa shape index (κ2) is 7.10. The summed E-state index contributed by atoms with van der Waals surface area (Å²) in [6.07, 6.45) is 0.423. The third kappa shape index (κ3) is 3.82. The molecule has 0 spiro atoms. The lowest BCUT2D eigenvalue weighted by Gasteiger charge is -2.44. The van der Waals surface area contributed by atoms with E-state index in [-0.39, 0.29) is 17.5 Å². The molecule has 0 aromatic heterocycles. The lowest BCUT2D eigenvalue weighted by molar-refractivity contribution is -0.0629. The largest absolute Gasteiger partial charge is 0.375 e. The summed E-state index contributed by atoms with van der Waals surface area (Å²) in [5, 5.41) is 0. The van der Waals surface area contributed by atoms with Crippen molar-refractivity contribution in [2.24, 2.45) is 0 Å². The predicted octanol–water partition coefficient (Wildman–Crippen LogP) is 3.54. The maximum absolute atomic E-state index is 13.4. The Bertz CT molecular complexity index is 881. The zero-order valence-electron chi connectivity index (χ0n) is 15.3. The topological polar surface area (TPSA) is 46.6 Å². The summed E-state index contributed by atoms with van der Waals surface area (Å²) >= 11 is 0. The Hall–Kier alpha value is -1.76. The van der Waals surface area contributed by atoms with Gasteiger partial charge in [0.15, 0.2) is 0 Å². The SMILES string of the molecule is Cc1cc(F)ccc1S(=O)(=O)N1CC(Cc2ccccc2)OCC1(C)C. The molecular weight excluding hydrogens is 353 g/mol. The van der Waals surface area contributed by atoms with E-state index in [9.17, 15) is 12.8 Å². The molecule has 4 nitrogen and oxygen atoms in total. The molecule has 2 aromatic carbocycles. The van der Waals surface area contributed by atoms with Crippen LogP contribution in [0.2, 0.25) is 0 Å². The van der Waals surface area contributed by atoms with Crippen molar-refractivity contribution in [3.63, 3.8) is 0 Å². The molecule has 0 aliphatic carbocycles. The summed E-state index contributed by atoms with van der Waals surface area (Å²) in [7, 11) is -3.76. The number of ether oxygens (including phenoxy) is 1. The summed E-state index contributed by atoms with van der Waals surface area (Å²) in [5.74, 6) is -0.440. The van der Waals surface area contributed by atoms with Gasteiger partial charge in [-0.2, -0.15) is 4.31 Å². The number of benzene rings is 2. The molecule has 6 heteroatoms. The van der Waals surface area contributed by atoms with Crippen LogP contribution in [-0.2, 0) is 21.2 Å². The monoisotopic (exact) mass is 377 g/mol. The number of sulfonamides is 1. The molecular formula is C20H24FNO3S. The van der Waals surface area contributed by atoms with E-state index in [1.165, 1.54) is 22.5 Å². The third-order valence-electron chi connectivity index (χ3n) is 4.73. The van der Waals surface area contributed by atoms with Crippen LogP contribution in [0.1, 0.15) is 25.0 Å². The quantitative estimate of drug-likeness (QED) is 0.819. The fraction of sp³-hybridized carbons (Fsp3) is 0.400. The van der Waals surface area contributed by atoms with Crippen LogP contribution in [-0.4, -0.2) is 37.5 Å². The summed E-state index contributed by atoms with van der Waals surface area (Å²) in [5.41, 5.74) is 0.840. The standard InChI is InChI=1S/C20H24FNO3S/c1-15-11-17(21)9-10-19(15)26(23,24)22-13-18(25-14-20(22,2)3)12-16-7-5-4-6-8-16/h4-11,18H,12-14H2,1-3H3. The van der Waals surface area contributed by atoms with Gasteiger partial charge in [0.2, 0.25) is 10.0 Å². The van der Waals surface area contributed by atoms with Crippen LogP contribution in [0.3, 0.4) is 0 Å². The average Bonchev–Trinajstić information content (AvgIpc) is 2.57. The second-order valence-corrected chi connectivity index (χ2v) is 9.21. The van der Waals surface area contributed by atoms with Gasteiger partial charge < -0.3 is 4.74 Å². The van der Waals surface area contributed by atoms with Crippen molar-refractivity contribution < 1.29 is 17.5 Å². The highest BCUT2D eigenvalue weighted by Crippen LogP contribution is 2.31. The van der Waals surface area contributed by atoms with Gasteiger partial charge in [0, 0.05) is 6.54 Å². The zero-order chi connectivity index (χ0) is 18.9. The van der Waals surface area contributed by atoms with E-state index in [1.54, 1.807) is 6.92 Å². The van der Waals surface area contributed by atoms with Crippen molar-refractivity contribution >= 4 is 10.0 Å². The molecule has 1 aliphatic heterocycles. The van der Waals surface area contributed by atoms with E-state index in [0.717, 1.165) is 5.56 Å². The number of nitrogens with zero attached hydrogens (tertiary/aromatic N) is 1. The summed E-state index contributed by atoms with van der Waals surface area (Å²) in [6.45, 7) is 5.89. The van der Waals surface area contributed by atoms with Crippen molar-refractivity contribution in [2.45, 2.75) is 43.7 Å². The predicted molar refractivity (Wildman–Crippen MR) is 99.0 cm³/mol. The molecule has 1 unspecified atom stereocenters. The fourth-order valence-electron chi connectivity index (χ4n) is 3.32. The molecule has 1 heterocycles. The summed E-state index contributed by atoms with van der Waals surface area (Å²) in [4.78, 5) is 0.146. The molecule has 1 aliphatic rings. The van der Waals surface area contributed by atoms with Gasteiger partial charge in [0.05, 0.1) is 23.1 Å². The van der Waals surface area contributed by atoms with Crippen LogP contribution in [0, 0.1) is 12.7 Å². The molecule has 0 saturated carbocycles. The normalized spacial score (nSPS) is 20.8. The zero-order valence-corrected chi connectivity index (χ0v) is 16.1. The van der Waals surface area contributed by atoms with Gasteiger partial charge in [-0.15, -0.1) is 0 Å². The molecule has 2 aromatic rings. The molecule has 140 valence electrons. The maximum atomic E-state index is 13.4. The van der Waals surface area contributed by atoms with Gasteiger partial charge in [-0.05, 0) is 56.5 Å². The van der Waals surface area contributed by atoms with Crippen molar-refractivity contribution in [3.05, 3.63) is 65.5 Å². The van der Waals surface area contributed by atoms with Gasteiger partial charge in [-0.25, -0.2) is 12.8 Å². The minimum absolute atomic E-state index is 0.146. The lowest BCUT2D eigenvalue weighted by atomic mass is 10.0. The molecule has 1 atom stereocenters. The van der Waals surface area contributed by atoms with Crippen molar-refractivity contribution in [3.8, 4) is 0 Å². The van der Waals surface area contributed by atoms with E-state index >= 15 is 0 Å². The Balaban J connectivity index is 1.89. The van der Waals surface area contributed by atoms with E-state index in [1.807, 2.05) is 44.2 Å². The van der Waals surface area contributed by atoms with Gasteiger partial charge >= 0.3 is 0 Å². The first kappa shape index (κ1) is 19.0. The molecule has 26 heavy (non-hydrogen) atoms. The molecule has 0 amide bonds. The Morgan fingerprint density at radius 2 is 1.88 bits per heavy atom. The van der Waals surface area contributed by atoms with Crippen molar-refractivity contribution in [1.29, 1.82) is 0 Å². The van der Waals surface area contributed by atoms with Crippen LogP contribution in [0.5, 0.6) is 0 Å². The van der Waals surface area contributed by atoms with Crippen LogP contribution in [0.25, 0.3) is 0 Å². The van der Waals surface area contributed by atoms with Gasteiger partial charge in [0.1, 0.15) is 5.82 Å². The number of hydrogen-bond acceptors (Lipinski definition) is 3. The maximum Gasteiger partial charge on any atom is 0.243 e. The number of halogens is 1. The molecule has 0 radical (unpaired) electrons. The first-order chi connectivity index (χ1) is 12.2. The van der Waals surface area contributed by atoms with Gasteiger partial charge in [-0.1, -0.05) is 30.3 Å². The molecule has 0 N–H and O–H groups in total. The highest BCUT2D eigenvalue weighted by atomic mass is 32.2. The Kier molecular flexibility index (Phi) is 5.19. The van der Waals surface area contributed by atoms with Crippen LogP contribution in [0.15, 0.2) is 53.4 Å². The van der Waals surface area contributed by atoms with Crippen LogP contribution >= 0.6 is 0 Å². The minimum Gasteiger partial charge on any atom is -0.375 e. The number of hydrogen-bond donors (Lipinski definition) is 0. The van der Waals surface area contributed by atoms with Gasteiger partial charge in [-0.3, -0.25) is 0 Å². The highest BCUT2D eigenvalue weighted by Gasteiger charge is 2.43. The first-order valence-electron chi connectivity index (χ1n) is 8.65. The van der Waals surface area contributed by atoms with E-state index < -0.39 is 21.4 Å². The van der Waals surface area contributed by atoms with Crippen LogP contribution < -0.4 is 0 Å². The van der Waals surface area contributed by atoms with Crippen molar-refractivity contribution in [2.75, 3.05) is 13.2 Å². The number of rotatable bonds is 4. The third-order valence-corrected chi connectivity index (χ3v) is 6.97. The summed E-state index contributed by atoms with van der Waals surface area (Å²) in [6, 6.07) is 13.7. The minimum atomic E-state index is -3.76. The van der Waals surface area contributed by atoms with Crippen molar-refractivity contribution in [1.82, 2.24) is 4.31 Å². The fourth-order valence-corrected chi connectivity index (χ4v) is 5.33. The smallest absolute Gasteiger partial charge is 0.243 e.